The van der Waals surface area contributed by atoms with E-state index in [4.69, 9.17) is 9.26 Å². The maximum absolute atomic E-state index is 13.4. The van der Waals surface area contributed by atoms with Gasteiger partial charge in [-0.2, -0.15) is 4.98 Å². The fourth-order valence-electron chi connectivity index (χ4n) is 2.67. The highest BCUT2D eigenvalue weighted by Gasteiger charge is 2.15. The lowest BCUT2D eigenvalue weighted by molar-refractivity contribution is 0.340. The molecule has 0 aliphatic carbocycles. The number of ether oxygens (including phenoxy) is 1. The smallest absolute Gasteiger partial charge is 0.263 e. The molecule has 7 heteroatoms. The molecule has 130 valence electrons. The lowest BCUT2D eigenvalue weighted by Crippen LogP contribution is -2.06. The van der Waals surface area contributed by atoms with E-state index in [0.717, 1.165) is 11.3 Å². The number of aromatic amines is 1. The van der Waals surface area contributed by atoms with E-state index in [9.17, 15) is 9.18 Å². The summed E-state index contributed by atoms with van der Waals surface area (Å²) in [6.07, 6.45) is 1.48. The van der Waals surface area contributed by atoms with E-state index in [-0.39, 0.29) is 22.3 Å². The van der Waals surface area contributed by atoms with E-state index in [1.807, 2.05) is 6.92 Å². The van der Waals surface area contributed by atoms with Gasteiger partial charge in [-0.15, -0.1) is 0 Å². The first-order valence-corrected chi connectivity index (χ1v) is 8.04. The molecule has 0 aliphatic rings. The Morgan fingerprint density at radius 2 is 2.00 bits per heavy atom. The molecule has 0 atom stereocenters. The van der Waals surface area contributed by atoms with Gasteiger partial charge in [0.1, 0.15) is 17.1 Å². The Balaban J connectivity index is 1.73. The van der Waals surface area contributed by atoms with E-state index in [0.29, 0.717) is 17.9 Å². The van der Waals surface area contributed by atoms with Crippen LogP contribution in [0, 0.1) is 5.82 Å². The van der Waals surface area contributed by atoms with E-state index >= 15 is 0 Å². The third-order valence-corrected chi connectivity index (χ3v) is 3.92. The summed E-state index contributed by atoms with van der Waals surface area (Å²) in [6.45, 7) is 2.49. The van der Waals surface area contributed by atoms with Gasteiger partial charge in [-0.05, 0) is 49.4 Å². The third kappa shape index (κ3) is 2.83. The fourth-order valence-corrected chi connectivity index (χ4v) is 2.67. The van der Waals surface area contributed by atoms with Crippen molar-refractivity contribution >= 4 is 10.9 Å². The van der Waals surface area contributed by atoms with Crippen LogP contribution in [-0.2, 0) is 0 Å². The van der Waals surface area contributed by atoms with E-state index < -0.39 is 5.82 Å². The van der Waals surface area contributed by atoms with Gasteiger partial charge in [0.15, 0.2) is 0 Å². The lowest BCUT2D eigenvalue weighted by atomic mass is 10.1. The van der Waals surface area contributed by atoms with Crippen molar-refractivity contribution in [3.63, 3.8) is 0 Å². The van der Waals surface area contributed by atoms with Crippen LogP contribution in [0.4, 0.5) is 4.39 Å². The predicted molar refractivity (Wildman–Crippen MR) is 94.4 cm³/mol. The normalized spacial score (nSPS) is 11.0. The molecule has 2 aromatic carbocycles. The molecular weight excluding hydrogens is 337 g/mol. The van der Waals surface area contributed by atoms with E-state index in [1.165, 1.54) is 24.4 Å². The first kappa shape index (κ1) is 16.0. The van der Waals surface area contributed by atoms with Crippen LogP contribution in [0.1, 0.15) is 6.92 Å². The van der Waals surface area contributed by atoms with Crippen LogP contribution in [0.5, 0.6) is 5.75 Å². The molecule has 0 fully saturated rings. The summed E-state index contributed by atoms with van der Waals surface area (Å²) >= 11 is 0. The number of H-pyrrole nitrogens is 1. The Morgan fingerprint density at radius 1 is 1.19 bits per heavy atom. The first-order valence-electron chi connectivity index (χ1n) is 8.04. The summed E-state index contributed by atoms with van der Waals surface area (Å²) in [7, 11) is 0. The summed E-state index contributed by atoms with van der Waals surface area (Å²) in [5, 5.41) is 4.15. The highest BCUT2D eigenvalue weighted by atomic mass is 19.1. The number of aromatic nitrogens is 3. The van der Waals surface area contributed by atoms with Crippen molar-refractivity contribution in [1.82, 2.24) is 15.1 Å². The van der Waals surface area contributed by atoms with Gasteiger partial charge in [-0.25, -0.2) is 4.39 Å². The molecule has 0 spiro atoms. The number of hydrogen-bond acceptors (Lipinski definition) is 5. The molecule has 0 aliphatic heterocycles. The first-order chi connectivity index (χ1) is 12.7. The minimum absolute atomic E-state index is 0.0706. The molecular formula is C19H14FN3O3. The van der Waals surface area contributed by atoms with Crippen molar-refractivity contribution in [2.24, 2.45) is 0 Å². The number of nitrogens with zero attached hydrogens (tertiary/aromatic N) is 2. The SMILES string of the molecule is CCOc1ccc(-c2noc(-c3c[nH]c4ccc(F)cc4c3=O)n2)cc1. The summed E-state index contributed by atoms with van der Waals surface area (Å²) < 4.78 is 24.1. The molecule has 2 aromatic heterocycles. The Labute approximate surface area is 147 Å². The predicted octanol–water partition coefficient (Wildman–Crippen LogP) is 3.78. The molecule has 26 heavy (non-hydrogen) atoms. The van der Waals surface area contributed by atoms with Crippen LogP contribution in [-0.4, -0.2) is 21.7 Å². The molecule has 2 heterocycles. The highest BCUT2D eigenvalue weighted by molar-refractivity contribution is 5.82. The van der Waals surface area contributed by atoms with Crippen molar-refractivity contribution in [3.05, 3.63) is 64.7 Å². The lowest BCUT2D eigenvalue weighted by Gasteiger charge is -2.02. The van der Waals surface area contributed by atoms with Crippen molar-refractivity contribution in [2.45, 2.75) is 6.92 Å². The number of halogens is 1. The molecule has 4 aromatic rings. The number of rotatable bonds is 4. The van der Waals surface area contributed by atoms with Crippen LogP contribution < -0.4 is 10.2 Å². The van der Waals surface area contributed by atoms with Crippen molar-refractivity contribution in [2.75, 3.05) is 6.61 Å². The van der Waals surface area contributed by atoms with Crippen LogP contribution in [0.3, 0.4) is 0 Å². The van der Waals surface area contributed by atoms with Crippen LogP contribution >= 0.6 is 0 Å². The number of pyridine rings is 1. The zero-order valence-corrected chi connectivity index (χ0v) is 13.8. The van der Waals surface area contributed by atoms with Gasteiger partial charge >= 0.3 is 0 Å². The Bertz CT molecular complexity index is 1130. The Hall–Kier alpha value is -3.48. The summed E-state index contributed by atoms with van der Waals surface area (Å²) in [5.74, 6) is 0.678. The van der Waals surface area contributed by atoms with Crippen molar-refractivity contribution in [1.29, 1.82) is 0 Å². The van der Waals surface area contributed by atoms with Gasteiger partial charge in [-0.1, -0.05) is 5.16 Å². The molecule has 0 amide bonds. The largest absolute Gasteiger partial charge is 0.494 e. The fraction of sp³-hybridized carbons (Fsp3) is 0.105. The quantitative estimate of drug-likeness (QED) is 0.605. The van der Waals surface area contributed by atoms with E-state index in [2.05, 4.69) is 15.1 Å². The molecule has 0 unspecified atom stereocenters. The van der Waals surface area contributed by atoms with Gasteiger partial charge in [0.05, 0.1) is 6.61 Å². The zero-order valence-electron chi connectivity index (χ0n) is 13.8. The maximum Gasteiger partial charge on any atom is 0.263 e. The van der Waals surface area contributed by atoms with Crippen LogP contribution in [0.25, 0.3) is 33.7 Å². The summed E-state index contributed by atoms with van der Waals surface area (Å²) in [6, 6.07) is 11.2. The Morgan fingerprint density at radius 3 is 2.77 bits per heavy atom. The maximum atomic E-state index is 13.4. The van der Waals surface area contributed by atoms with Gasteiger partial charge in [0, 0.05) is 22.7 Å². The minimum Gasteiger partial charge on any atom is -0.494 e. The zero-order chi connectivity index (χ0) is 18.1. The monoisotopic (exact) mass is 351 g/mol. The molecule has 6 nitrogen and oxygen atoms in total. The van der Waals surface area contributed by atoms with Gasteiger partial charge in [-0.3, -0.25) is 4.79 Å². The van der Waals surface area contributed by atoms with E-state index in [1.54, 1.807) is 24.3 Å². The molecule has 1 N–H and O–H groups in total. The second kappa shape index (κ2) is 6.44. The van der Waals surface area contributed by atoms with Crippen molar-refractivity contribution < 1.29 is 13.7 Å². The molecule has 0 saturated heterocycles. The summed E-state index contributed by atoms with van der Waals surface area (Å²) in [4.78, 5) is 19.8. The topological polar surface area (TPSA) is 81.0 Å². The standard InChI is InChI=1S/C19H14FN3O3/c1-2-25-13-6-3-11(4-7-13)18-22-19(26-23-18)15-10-21-16-8-5-12(20)9-14(16)17(15)24/h3-10H,2H2,1H3,(H,21,24). The van der Waals surface area contributed by atoms with Crippen LogP contribution in [0.2, 0.25) is 0 Å². The third-order valence-electron chi connectivity index (χ3n) is 3.92. The average Bonchev–Trinajstić information content (AvgIpc) is 3.13. The molecule has 0 saturated carbocycles. The van der Waals surface area contributed by atoms with Crippen molar-refractivity contribution in [3.8, 4) is 28.6 Å². The number of hydrogen-bond donors (Lipinski definition) is 1. The minimum atomic E-state index is -0.485. The van der Waals surface area contributed by atoms with Gasteiger partial charge in [0.2, 0.25) is 11.3 Å². The Kier molecular flexibility index (Phi) is 3.96. The second-order valence-electron chi connectivity index (χ2n) is 5.60. The van der Waals surface area contributed by atoms with Gasteiger partial charge < -0.3 is 14.2 Å². The van der Waals surface area contributed by atoms with Gasteiger partial charge in [0.25, 0.3) is 5.89 Å². The summed E-state index contributed by atoms with van der Waals surface area (Å²) in [5.41, 5.74) is 1.08. The number of benzene rings is 2. The number of fused-ring (bicyclic) bond motifs is 1. The molecule has 0 bridgehead atoms. The molecule has 4 rings (SSSR count). The highest BCUT2D eigenvalue weighted by Crippen LogP contribution is 2.23. The van der Waals surface area contributed by atoms with Crippen LogP contribution in [0.15, 0.2) is 58.0 Å². The number of nitrogens with one attached hydrogen (secondary N) is 1. The second-order valence-corrected chi connectivity index (χ2v) is 5.60. The average molecular weight is 351 g/mol. The molecule has 0 radical (unpaired) electrons.